The fourth-order valence-electron chi connectivity index (χ4n) is 1.22. The Balaban J connectivity index is 2.28. The van der Waals surface area contributed by atoms with E-state index in [4.69, 9.17) is 5.41 Å². The van der Waals surface area contributed by atoms with E-state index in [9.17, 15) is 0 Å². The van der Waals surface area contributed by atoms with E-state index in [0.29, 0.717) is 0 Å². The van der Waals surface area contributed by atoms with Crippen LogP contribution in [0.2, 0.25) is 0 Å². The highest BCUT2D eigenvalue weighted by molar-refractivity contribution is 5.50. The normalized spacial score (nSPS) is 26.8. The molecule has 2 heteroatoms. The van der Waals surface area contributed by atoms with Crippen LogP contribution < -0.4 is 0 Å². The third-order valence-corrected chi connectivity index (χ3v) is 1.91. The maximum Gasteiger partial charge on any atom is 0.0817 e. The van der Waals surface area contributed by atoms with E-state index in [1.807, 2.05) is 4.90 Å². The van der Waals surface area contributed by atoms with Gasteiger partial charge in [-0.05, 0) is 18.8 Å². The first-order valence-corrected chi connectivity index (χ1v) is 3.40. The van der Waals surface area contributed by atoms with Gasteiger partial charge in [-0.25, -0.2) is 0 Å². The molecule has 51 valence electrons. The topological polar surface area (TPSA) is 27.1 Å². The van der Waals surface area contributed by atoms with E-state index in [1.54, 1.807) is 0 Å². The second-order valence-corrected chi connectivity index (χ2v) is 2.57. The molecule has 1 fully saturated rings. The number of hydrogen-bond donors (Lipinski definition) is 1. The van der Waals surface area contributed by atoms with E-state index in [-0.39, 0.29) is 0 Å². The summed E-state index contributed by atoms with van der Waals surface area (Å²) in [5, 5.41) is 6.95. The van der Waals surface area contributed by atoms with Crippen molar-refractivity contribution >= 4 is 6.34 Å². The van der Waals surface area contributed by atoms with Crippen molar-refractivity contribution < 1.29 is 0 Å². The molecule has 9 heavy (non-hydrogen) atoms. The summed E-state index contributed by atoms with van der Waals surface area (Å²) in [5.74, 6) is 0.742. The molecule has 1 heterocycles. The minimum Gasteiger partial charge on any atom is -0.363 e. The first-order valence-electron chi connectivity index (χ1n) is 3.40. The van der Waals surface area contributed by atoms with E-state index in [1.165, 1.54) is 12.8 Å². The Hall–Kier alpha value is -0.530. The first-order chi connectivity index (χ1) is 4.36. The van der Waals surface area contributed by atoms with Crippen molar-refractivity contribution in [2.45, 2.75) is 12.8 Å². The summed E-state index contributed by atoms with van der Waals surface area (Å²) in [5.41, 5.74) is 0. The van der Waals surface area contributed by atoms with Gasteiger partial charge in [-0.1, -0.05) is 6.92 Å². The third kappa shape index (κ3) is 1.44. The molecule has 2 nitrogen and oxygen atoms in total. The van der Waals surface area contributed by atoms with Crippen LogP contribution in [0.3, 0.4) is 0 Å². The van der Waals surface area contributed by atoms with Crippen molar-refractivity contribution in [3.63, 3.8) is 0 Å². The Morgan fingerprint density at radius 3 is 2.89 bits per heavy atom. The van der Waals surface area contributed by atoms with E-state index in [0.717, 1.165) is 25.4 Å². The zero-order chi connectivity index (χ0) is 6.69. The maximum atomic E-state index is 6.95. The summed E-state index contributed by atoms with van der Waals surface area (Å²) in [6.07, 6.45) is 3.67. The second kappa shape index (κ2) is 2.85. The molecular weight excluding hydrogens is 112 g/mol. The smallest absolute Gasteiger partial charge is 0.0817 e. The molecule has 0 aromatic carbocycles. The van der Waals surface area contributed by atoms with Gasteiger partial charge in [0.1, 0.15) is 0 Å². The highest BCUT2D eigenvalue weighted by Crippen LogP contribution is 2.16. The summed E-state index contributed by atoms with van der Waals surface area (Å²) in [7, 11) is 0. The quantitative estimate of drug-likeness (QED) is 0.435. The molecule has 0 aromatic heterocycles. The van der Waals surface area contributed by atoms with Crippen LogP contribution in [0, 0.1) is 18.3 Å². The van der Waals surface area contributed by atoms with Crippen molar-refractivity contribution in [1.29, 1.82) is 5.41 Å². The number of likely N-dealkylation sites (tertiary alicyclic amines) is 1. The molecule has 0 bridgehead atoms. The number of hydrogen-bond acceptors (Lipinski definition) is 1. The number of nitrogens with one attached hydrogen (secondary N) is 1. The van der Waals surface area contributed by atoms with E-state index < -0.39 is 0 Å². The van der Waals surface area contributed by atoms with Gasteiger partial charge in [-0.15, -0.1) is 0 Å². The molecule has 0 unspecified atom stereocenters. The van der Waals surface area contributed by atoms with Gasteiger partial charge in [0.25, 0.3) is 0 Å². The highest BCUT2D eigenvalue weighted by Gasteiger charge is 2.17. The number of rotatable bonds is 2. The van der Waals surface area contributed by atoms with E-state index in [2.05, 4.69) is 6.92 Å². The minimum atomic E-state index is 0.742. The average Bonchev–Trinajstić information content (AvgIpc) is 2.34. The summed E-state index contributed by atoms with van der Waals surface area (Å²) < 4.78 is 0. The Morgan fingerprint density at radius 1 is 1.78 bits per heavy atom. The van der Waals surface area contributed by atoms with Crippen LogP contribution >= 0.6 is 0 Å². The summed E-state index contributed by atoms with van der Waals surface area (Å²) in [4.78, 5) is 2.04. The zero-order valence-electron chi connectivity index (χ0n) is 5.64. The standard InChI is InChI=1S/C7H13N2/c1-2-7-3-4-9(5-7)6-8/h6-8H,1-5H2/t7-/m1/s1. The monoisotopic (exact) mass is 125 g/mol. The lowest BCUT2D eigenvalue weighted by atomic mass is 10.1. The van der Waals surface area contributed by atoms with Crippen LogP contribution in [-0.2, 0) is 0 Å². The molecule has 1 rings (SSSR count). The predicted molar refractivity (Wildman–Crippen MR) is 38.4 cm³/mol. The molecule has 0 aliphatic carbocycles. The van der Waals surface area contributed by atoms with Gasteiger partial charge >= 0.3 is 0 Å². The number of nitrogens with zero attached hydrogens (tertiary/aromatic N) is 1. The minimum absolute atomic E-state index is 0.742. The molecular formula is C7H13N2. The summed E-state index contributed by atoms with van der Waals surface area (Å²) in [6, 6.07) is 0. The lowest BCUT2D eigenvalue weighted by Gasteiger charge is -2.08. The highest BCUT2D eigenvalue weighted by atomic mass is 15.1. The third-order valence-electron chi connectivity index (χ3n) is 1.91. The Morgan fingerprint density at radius 2 is 2.56 bits per heavy atom. The van der Waals surface area contributed by atoms with Crippen molar-refractivity contribution in [2.75, 3.05) is 13.1 Å². The molecule has 1 saturated heterocycles. The molecule has 1 N–H and O–H groups in total. The lowest BCUT2D eigenvalue weighted by molar-refractivity contribution is 0.490. The Labute approximate surface area is 56.4 Å². The Bertz CT molecular complexity index is 101. The van der Waals surface area contributed by atoms with Gasteiger partial charge in [0, 0.05) is 13.1 Å². The van der Waals surface area contributed by atoms with Gasteiger partial charge < -0.3 is 4.90 Å². The van der Waals surface area contributed by atoms with Crippen LogP contribution in [0.25, 0.3) is 0 Å². The van der Waals surface area contributed by atoms with Gasteiger partial charge in [-0.2, -0.15) is 0 Å². The molecule has 1 atom stereocenters. The van der Waals surface area contributed by atoms with Gasteiger partial charge in [0.05, 0.1) is 6.34 Å². The molecule has 0 spiro atoms. The fourth-order valence-corrected chi connectivity index (χ4v) is 1.22. The van der Waals surface area contributed by atoms with Crippen molar-refractivity contribution in [1.82, 2.24) is 4.90 Å². The molecule has 0 saturated carbocycles. The molecule has 0 amide bonds. The Kier molecular flexibility index (Phi) is 2.09. The second-order valence-electron chi connectivity index (χ2n) is 2.57. The molecule has 0 aromatic rings. The lowest BCUT2D eigenvalue weighted by Crippen LogP contribution is -2.17. The average molecular weight is 125 g/mol. The van der Waals surface area contributed by atoms with Gasteiger partial charge in [0.15, 0.2) is 0 Å². The van der Waals surface area contributed by atoms with Gasteiger partial charge in [0.2, 0.25) is 0 Å². The SMILES string of the molecule is [CH2]C[C@@H]1CCN(C=N)C1. The summed E-state index contributed by atoms with van der Waals surface area (Å²) in [6.45, 7) is 5.94. The van der Waals surface area contributed by atoms with Crippen molar-refractivity contribution in [2.24, 2.45) is 5.92 Å². The van der Waals surface area contributed by atoms with Crippen LogP contribution in [0.4, 0.5) is 0 Å². The van der Waals surface area contributed by atoms with Gasteiger partial charge in [-0.3, -0.25) is 5.41 Å². The molecule has 1 aliphatic rings. The molecule has 1 radical (unpaired) electrons. The predicted octanol–water partition coefficient (Wildman–Crippen LogP) is 1.14. The zero-order valence-corrected chi connectivity index (χ0v) is 5.64. The van der Waals surface area contributed by atoms with Crippen LogP contribution in [0.5, 0.6) is 0 Å². The van der Waals surface area contributed by atoms with Crippen molar-refractivity contribution in [3.8, 4) is 0 Å². The van der Waals surface area contributed by atoms with Crippen LogP contribution in [0.1, 0.15) is 12.8 Å². The van der Waals surface area contributed by atoms with E-state index >= 15 is 0 Å². The largest absolute Gasteiger partial charge is 0.363 e. The fraction of sp³-hybridized carbons (Fsp3) is 0.714. The first kappa shape index (κ1) is 6.59. The molecule has 1 aliphatic heterocycles. The van der Waals surface area contributed by atoms with Crippen LogP contribution in [0.15, 0.2) is 0 Å². The van der Waals surface area contributed by atoms with Crippen molar-refractivity contribution in [3.05, 3.63) is 6.92 Å². The van der Waals surface area contributed by atoms with Crippen LogP contribution in [-0.4, -0.2) is 24.3 Å². The maximum absolute atomic E-state index is 6.95. The summed E-state index contributed by atoms with van der Waals surface area (Å²) >= 11 is 0.